The molecule has 1 heterocycles. The third-order valence-electron chi connectivity index (χ3n) is 4.16. The van der Waals surface area contributed by atoms with Crippen molar-refractivity contribution in [2.45, 2.75) is 65.0 Å². The lowest BCUT2D eigenvalue weighted by Crippen LogP contribution is -2.58. The minimum Gasteiger partial charge on any atom is -0.283 e. The first-order chi connectivity index (χ1) is 9.22. The zero-order valence-electron chi connectivity index (χ0n) is 13.2. The van der Waals surface area contributed by atoms with Crippen molar-refractivity contribution in [2.24, 2.45) is 0 Å². The summed E-state index contributed by atoms with van der Waals surface area (Å²) in [4.78, 5) is 6.28. The summed E-state index contributed by atoms with van der Waals surface area (Å²) in [5.41, 5.74) is 1.27. The predicted octanol–water partition coefficient (Wildman–Crippen LogP) is 5.32. The number of hydrogen-bond acceptors (Lipinski definition) is 2. The first-order valence-corrected chi connectivity index (χ1v) is 8.09. The highest BCUT2D eigenvalue weighted by Crippen LogP contribution is 2.40. The first-order valence-electron chi connectivity index (χ1n) is 7.30. The molecule has 3 heteroatoms. The van der Waals surface area contributed by atoms with Gasteiger partial charge in [0.05, 0.1) is 0 Å². The lowest BCUT2D eigenvalue weighted by molar-refractivity contribution is -0.269. The average molecular weight is 339 g/mol. The zero-order chi connectivity index (χ0) is 15.0. The lowest BCUT2D eigenvalue weighted by Gasteiger charge is -2.52. The summed E-state index contributed by atoms with van der Waals surface area (Å²) in [6.45, 7) is 11.1. The maximum atomic E-state index is 6.28. The van der Waals surface area contributed by atoms with Crippen molar-refractivity contribution in [2.75, 3.05) is 0 Å². The van der Waals surface area contributed by atoms with Gasteiger partial charge in [-0.25, -0.2) is 0 Å². The van der Waals surface area contributed by atoms with Gasteiger partial charge in [0.1, 0.15) is 6.10 Å². The van der Waals surface area contributed by atoms with E-state index in [-0.39, 0.29) is 11.1 Å². The van der Waals surface area contributed by atoms with E-state index in [9.17, 15) is 0 Å². The molecule has 1 aliphatic heterocycles. The average Bonchev–Trinajstić information content (AvgIpc) is 2.34. The largest absolute Gasteiger partial charge is 0.283 e. The van der Waals surface area contributed by atoms with Crippen LogP contribution in [0, 0.1) is 6.10 Å². The molecular formula is C17H25BrNO. The molecule has 20 heavy (non-hydrogen) atoms. The van der Waals surface area contributed by atoms with Crippen molar-refractivity contribution in [3.8, 4) is 0 Å². The molecule has 111 valence electrons. The number of hydroxylamine groups is 2. The molecule has 1 fully saturated rings. The van der Waals surface area contributed by atoms with Crippen molar-refractivity contribution in [1.29, 1.82) is 0 Å². The van der Waals surface area contributed by atoms with Crippen LogP contribution in [0.4, 0.5) is 0 Å². The van der Waals surface area contributed by atoms with Gasteiger partial charge < -0.3 is 0 Å². The molecule has 0 N–H and O–H groups in total. The summed E-state index contributed by atoms with van der Waals surface area (Å²) in [5.74, 6) is 0. The highest BCUT2D eigenvalue weighted by atomic mass is 79.9. The molecule has 2 rings (SSSR count). The summed E-state index contributed by atoms with van der Waals surface area (Å²) in [6.07, 6.45) is 4.56. The second-order valence-electron chi connectivity index (χ2n) is 6.93. The summed E-state index contributed by atoms with van der Waals surface area (Å²) in [5, 5.41) is 2.20. The van der Waals surface area contributed by atoms with E-state index < -0.39 is 0 Å². The molecule has 0 aromatic heterocycles. The Hall–Kier alpha value is -0.380. The Kier molecular flexibility index (Phi) is 4.63. The molecule has 0 spiro atoms. The standard InChI is InChI=1S/C17H25BrNO/c1-13(14-7-9-15(18)10-8-14)20-19-16(2,3)11-6-12-17(19,4)5/h7-10H,6,11-12H2,1-5H3. The number of halogens is 1. The Morgan fingerprint density at radius 2 is 1.55 bits per heavy atom. The summed E-state index contributed by atoms with van der Waals surface area (Å²) >= 11 is 3.47. The van der Waals surface area contributed by atoms with Gasteiger partial charge in [0.2, 0.25) is 0 Å². The SMILES string of the molecule is C[C](ON1C(C)(C)CCCC1(C)C)c1ccc(Br)cc1. The highest BCUT2D eigenvalue weighted by Gasteiger charge is 2.43. The van der Waals surface area contributed by atoms with Gasteiger partial charge in [-0.05, 0) is 71.6 Å². The van der Waals surface area contributed by atoms with Gasteiger partial charge in [-0.1, -0.05) is 28.1 Å². The number of benzene rings is 1. The molecule has 1 saturated heterocycles. The van der Waals surface area contributed by atoms with Crippen LogP contribution in [0.3, 0.4) is 0 Å². The van der Waals surface area contributed by atoms with E-state index in [1.54, 1.807) is 0 Å². The molecule has 1 aliphatic rings. The van der Waals surface area contributed by atoms with Crippen molar-refractivity contribution < 1.29 is 4.84 Å². The van der Waals surface area contributed by atoms with Crippen molar-refractivity contribution in [3.63, 3.8) is 0 Å². The van der Waals surface area contributed by atoms with Crippen LogP contribution in [0.1, 0.15) is 59.4 Å². The van der Waals surface area contributed by atoms with Gasteiger partial charge in [-0.15, -0.1) is 0 Å². The topological polar surface area (TPSA) is 12.5 Å². The van der Waals surface area contributed by atoms with Gasteiger partial charge >= 0.3 is 0 Å². The smallest absolute Gasteiger partial charge is 0.147 e. The fourth-order valence-electron chi connectivity index (χ4n) is 3.10. The summed E-state index contributed by atoms with van der Waals surface area (Å²) in [6, 6.07) is 8.27. The van der Waals surface area contributed by atoms with Crippen molar-refractivity contribution in [1.82, 2.24) is 5.06 Å². The number of nitrogens with zero attached hydrogens (tertiary/aromatic N) is 1. The normalized spacial score (nSPS) is 22.1. The molecule has 0 aliphatic carbocycles. The van der Waals surface area contributed by atoms with E-state index in [0.717, 1.165) is 16.1 Å². The van der Waals surface area contributed by atoms with Gasteiger partial charge in [0, 0.05) is 15.6 Å². The molecule has 0 amide bonds. The number of rotatable bonds is 3. The first kappa shape index (κ1) is 16.0. The van der Waals surface area contributed by atoms with Crippen LogP contribution >= 0.6 is 15.9 Å². The summed E-state index contributed by atoms with van der Waals surface area (Å²) in [7, 11) is 0. The highest BCUT2D eigenvalue weighted by molar-refractivity contribution is 9.10. The molecule has 0 bridgehead atoms. The molecule has 0 atom stereocenters. The second kappa shape index (κ2) is 5.78. The van der Waals surface area contributed by atoms with E-state index >= 15 is 0 Å². The van der Waals surface area contributed by atoms with E-state index in [1.165, 1.54) is 19.3 Å². The van der Waals surface area contributed by atoms with E-state index in [0.29, 0.717) is 0 Å². The molecular weight excluding hydrogens is 314 g/mol. The van der Waals surface area contributed by atoms with Gasteiger partial charge in [0.15, 0.2) is 0 Å². The van der Waals surface area contributed by atoms with Crippen LogP contribution in [-0.4, -0.2) is 16.1 Å². The monoisotopic (exact) mass is 338 g/mol. The van der Waals surface area contributed by atoms with Crippen LogP contribution in [0.2, 0.25) is 0 Å². The lowest BCUT2D eigenvalue weighted by atomic mass is 9.82. The Bertz CT molecular complexity index is 437. The van der Waals surface area contributed by atoms with E-state index in [1.807, 2.05) is 6.92 Å². The maximum absolute atomic E-state index is 6.28. The quantitative estimate of drug-likeness (QED) is 0.739. The Balaban J connectivity index is 2.16. The van der Waals surface area contributed by atoms with E-state index in [2.05, 4.69) is 73.0 Å². The molecule has 2 nitrogen and oxygen atoms in total. The van der Waals surface area contributed by atoms with Crippen LogP contribution in [0.25, 0.3) is 0 Å². The molecule has 1 radical (unpaired) electrons. The fourth-order valence-corrected chi connectivity index (χ4v) is 3.36. The Morgan fingerprint density at radius 3 is 2.05 bits per heavy atom. The Morgan fingerprint density at radius 1 is 1.05 bits per heavy atom. The number of hydrogen-bond donors (Lipinski definition) is 0. The van der Waals surface area contributed by atoms with Gasteiger partial charge in [-0.3, -0.25) is 4.84 Å². The van der Waals surface area contributed by atoms with Crippen LogP contribution < -0.4 is 0 Å². The second-order valence-corrected chi connectivity index (χ2v) is 7.84. The summed E-state index contributed by atoms with van der Waals surface area (Å²) < 4.78 is 1.09. The number of piperidine rings is 1. The molecule has 0 saturated carbocycles. The van der Waals surface area contributed by atoms with Gasteiger partial charge in [-0.2, -0.15) is 5.06 Å². The molecule has 1 aromatic rings. The Labute approximate surface area is 131 Å². The van der Waals surface area contributed by atoms with Crippen LogP contribution in [0.5, 0.6) is 0 Å². The molecule has 1 aromatic carbocycles. The maximum Gasteiger partial charge on any atom is 0.147 e. The van der Waals surface area contributed by atoms with Crippen molar-refractivity contribution in [3.05, 3.63) is 40.4 Å². The van der Waals surface area contributed by atoms with Crippen LogP contribution in [-0.2, 0) is 4.84 Å². The predicted molar refractivity (Wildman–Crippen MR) is 87.1 cm³/mol. The molecule has 0 unspecified atom stereocenters. The van der Waals surface area contributed by atoms with Crippen LogP contribution in [0.15, 0.2) is 28.7 Å². The fraction of sp³-hybridized carbons (Fsp3) is 0.588. The minimum atomic E-state index is 0.0678. The third kappa shape index (κ3) is 3.44. The van der Waals surface area contributed by atoms with E-state index in [4.69, 9.17) is 4.84 Å². The minimum absolute atomic E-state index is 0.0678. The third-order valence-corrected chi connectivity index (χ3v) is 4.68. The zero-order valence-corrected chi connectivity index (χ0v) is 14.8. The van der Waals surface area contributed by atoms with Gasteiger partial charge in [0.25, 0.3) is 0 Å². The van der Waals surface area contributed by atoms with Crippen molar-refractivity contribution >= 4 is 15.9 Å².